The van der Waals surface area contributed by atoms with Gasteiger partial charge in [-0.3, -0.25) is 0 Å². The van der Waals surface area contributed by atoms with Gasteiger partial charge in [-0.2, -0.15) is 0 Å². The summed E-state index contributed by atoms with van der Waals surface area (Å²) in [6, 6.07) is 95.0. The molecule has 11 aromatic carbocycles. The van der Waals surface area contributed by atoms with Crippen molar-refractivity contribution >= 4 is 49.8 Å². The molecule has 0 unspecified atom stereocenters. The zero-order valence-electron chi connectivity index (χ0n) is 36.7. The molecule has 314 valence electrons. The third-order valence-electron chi connectivity index (χ3n) is 14.0. The van der Waals surface area contributed by atoms with Gasteiger partial charge >= 0.3 is 0 Å². The van der Waals surface area contributed by atoms with E-state index in [2.05, 4.69) is 254 Å². The van der Waals surface area contributed by atoms with Crippen molar-refractivity contribution in [1.82, 2.24) is 0 Å². The Bertz CT molecular complexity index is 3740. The Labute approximate surface area is 390 Å². The van der Waals surface area contributed by atoms with Gasteiger partial charge in [-0.1, -0.05) is 224 Å². The van der Waals surface area contributed by atoms with Crippen LogP contribution < -0.4 is 4.90 Å². The first-order chi connectivity index (χ1) is 33.3. The summed E-state index contributed by atoms with van der Waals surface area (Å²) in [5, 5.41) is 4.74. The van der Waals surface area contributed by atoms with Crippen molar-refractivity contribution in [2.24, 2.45) is 0 Å². The van der Waals surface area contributed by atoms with Crippen molar-refractivity contribution in [3.8, 4) is 44.5 Å². The normalized spacial score (nSPS) is 12.6. The highest BCUT2D eigenvalue weighted by molar-refractivity contribution is 6.10. The minimum atomic E-state index is -0.526. The summed E-state index contributed by atoms with van der Waals surface area (Å²) in [6.07, 6.45) is 0. The number of para-hydroxylation sites is 2. The molecule has 0 bridgehead atoms. The third-order valence-corrected chi connectivity index (χ3v) is 14.0. The fourth-order valence-corrected chi connectivity index (χ4v) is 11.1. The fraction of sp³-hybridized carbons (Fsp3) is 0.0154. The topological polar surface area (TPSA) is 16.4 Å². The van der Waals surface area contributed by atoms with Crippen molar-refractivity contribution in [3.05, 3.63) is 283 Å². The van der Waals surface area contributed by atoms with Gasteiger partial charge in [0.1, 0.15) is 11.2 Å². The average molecular weight is 854 g/mol. The van der Waals surface area contributed by atoms with Crippen LogP contribution in [-0.2, 0) is 5.41 Å². The number of fused-ring (bicyclic) bond motifs is 7. The Hall–Kier alpha value is -8.72. The predicted octanol–water partition coefficient (Wildman–Crippen LogP) is 17.6. The molecule has 0 spiro atoms. The Morgan fingerprint density at radius 2 is 0.761 bits per heavy atom. The first kappa shape index (κ1) is 38.7. The molecule has 0 amide bonds. The van der Waals surface area contributed by atoms with Crippen LogP contribution in [-0.4, -0.2) is 0 Å². The van der Waals surface area contributed by atoms with E-state index >= 15 is 0 Å². The van der Waals surface area contributed by atoms with Crippen LogP contribution in [0.15, 0.2) is 265 Å². The number of nitrogens with zero attached hydrogens (tertiary/aromatic N) is 1. The van der Waals surface area contributed by atoms with E-state index in [-0.39, 0.29) is 0 Å². The van der Waals surface area contributed by atoms with Gasteiger partial charge in [0.25, 0.3) is 0 Å². The van der Waals surface area contributed by atoms with E-state index < -0.39 is 5.41 Å². The number of hydrogen-bond donors (Lipinski definition) is 0. The first-order valence-corrected chi connectivity index (χ1v) is 23.1. The maximum atomic E-state index is 6.52. The van der Waals surface area contributed by atoms with E-state index in [1.54, 1.807) is 0 Å². The molecule has 12 aromatic rings. The molecule has 1 aliphatic rings. The zero-order chi connectivity index (χ0) is 44.3. The summed E-state index contributed by atoms with van der Waals surface area (Å²) >= 11 is 0. The Kier molecular flexibility index (Phi) is 9.11. The largest absolute Gasteiger partial charge is 0.455 e. The van der Waals surface area contributed by atoms with Gasteiger partial charge in [0.15, 0.2) is 0 Å². The molecule has 0 N–H and O–H groups in total. The Morgan fingerprint density at radius 3 is 1.40 bits per heavy atom. The summed E-state index contributed by atoms with van der Waals surface area (Å²) in [5.74, 6) is 0. The smallest absolute Gasteiger partial charge is 0.143 e. The van der Waals surface area contributed by atoms with E-state index in [0.717, 1.165) is 50.1 Å². The maximum Gasteiger partial charge on any atom is 0.143 e. The molecule has 0 aliphatic heterocycles. The standard InChI is InChI=1S/C65H43NO/c1-4-18-44(19-5-1)51-42-43-52(55-25-11-10-24-54(51)55)45-34-38-49(39-35-45)66(50-40-36-46(37-41-50)53-28-16-29-57-56-26-13-15-33-62(56)67-64(53)57)61-32-17-31-60-63(61)58-27-12-14-30-59(58)65(60,47-20-6-2-7-21-47)48-22-8-3-9-23-48/h1-43H. The van der Waals surface area contributed by atoms with Crippen LogP contribution in [0.1, 0.15) is 22.3 Å². The van der Waals surface area contributed by atoms with Crippen LogP contribution in [0, 0.1) is 0 Å². The van der Waals surface area contributed by atoms with Crippen molar-refractivity contribution in [3.63, 3.8) is 0 Å². The molecular formula is C65H43NO. The Morgan fingerprint density at radius 1 is 0.299 bits per heavy atom. The van der Waals surface area contributed by atoms with E-state index in [9.17, 15) is 0 Å². The first-order valence-electron chi connectivity index (χ1n) is 23.1. The van der Waals surface area contributed by atoms with Crippen LogP contribution in [0.3, 0.4) is 0 Å². The van der Waals surface area contributed by atoms with Gasteiger partial charge in [-0.15, -0.1) is 0 Å². The molecule has 0 saturated heterocycles. The molecule has 13 rings (SSSR count). The molecule has 0 fully saturated rings. The lowest BCUT2D eigenvalue weighted by atomic mass is 9.68. The molecule has 1 heterocycles. The molecule has 0 radical (unpaired) electrons. The third kappa shape index (κ3) is 6.11. The maximum absolute atomic E-state index is 6.52. The minimum absolute atomic E-state index is 0.526. The summed E-state index contributed by atoms with van der Waals surface area (Å²) in [7, 11) is 0. The van der Waals surface area contributed by atoms with Crippen molar-refractivity contribution in [2.45, 2.75) is 5.41 Å². The molecule has 0 saturated carbocycles. The molecule has 2 heteroatoms. The van der Waals surface area contributed by atoms with Gasteiger partial charge in [0.05, 0.1) is 11.1 Å². The van der Waals surface area contributed by atoms with Crippen LogP contribution in [0.2, 0.25) is 0 Å². The second-order valence-electron chi connectivity index (χ2n) is 17.5. The Balaban J connectivity index is 1.00. The highest BCUT2D eigenvalue weighted by Gasteiger charge is 2.47. The van der Waals surface area contributed by atoms with Crippen LogP contribution in [0.4, 0.5) is 17.1 Å². The second-order valence-corrected chi connectivity index (χ2v) is 17.5. The average Bonchev–Trinajstić information content (AvgIpc) is 3.94. The lowest BCUT2D eigenvalue weighted by molar-refractivity contribution is 0.670. The van der Waals surface area contributed by atoms with E-state index in [0.29, 0.717) is 0 Å². The zero-order valence-corrected chi connectivity index (χ0v) is 36.7. The summed E-state index contributed by atoms with van der Waals surface area (Å²) in [5.41, 5.74) is 19.1. The quantitative estimate of drug-likeness (QED) is 0.151. The van der Waals surface area contributed by atoms with Gasteiger partial charge in [0.2, 0.25) is 0 Å². The SMILES string of the molecule is c1ccc(-c2ccc(-c3ccc(N(c4ccc(-c5cccc6c5oc5ccccc56)cc4)c4cccc5c4-c4ccccc4C5(c4ccccc4)c4ccccc4)cc3)c3ccccc23)cc1. The number of hydrogen-bond acceptors (Lipinski definition) is 2. The van der Waals surface area contributed by atoms with E-state index in [1.165, 1.54) is 66.4 Å². The summed E-state index contributed by atoms with van der Waals surface area (Å²) in [6.45, 7) is 0. The van der Waals surface area contributed by atoms with E-state index in [1.807, 2.05) is 12.1 Å². The molecule has 67 heavy (non-hydrogen) atoms. The number of anilines is 3. The monoisotopic (exact) mass is 853 g/mol. The van der Waals surface area contributed by atoms with Crippen LogP contribution in [0.5, 0.6) is 0 Å². The van der Waals surface area contributed by atoms with Gasteiger partial charge < -0.3 is 9.32 Å². The van der Waals surface area contributed by atoms with E-state index in [4.69, 9.17) is 4.42 Å². The molecule has 2 nitrogen and oxygen atoms in total. The lowest BCUT2D eigenvalue weighted by Crippen LogP contribution is -2.28. The molecule has 1 aromatic heterocycles. The number of benzene rings is 11. The van der Waals surface area contributed by atoms with Crippen molar-refractivity contribution in [1.29, 1.82) is 0 Å². The summed E-state index contributed by atoms with van der Waals surface area (Å²) < 4.78 is 6.52. The fourth-order valence-electron chi connectivity index (χ4n) is 11.1. The number of furan rings is 1. The molecule has 0 atom stereocenters. The van der Waals surface area contributed by atoms with Crippen molar-refractivity contribution in [2.75, 3.05) is 4.90 Å². The highest BCUT2D eigenvalue weighted by Crippen LogP contribution is 2.59. The van der Waals surface area contributed by atoms with Gasteiger partial charge in [-0.25, -0.2) is 0 Å². The molecular weight excluding hydrogens is 811 g/mol. The van der Waals surface area contributed by atoms with Crippen LogP contribution in [0.25, 0.3) is 77.2 Å². The van der Waals surface area contributed by atoms with Crippen molar-refractivity contribution < 1.29 is 4.42 Å². The predicted molar refractivity (Wildman–Crippen MR) is 280 cm³/mol. The van der Waals surface area contributed by atoms with Crippen LogP contribution >= 0.6 is 0 Å². The minimum Gasteiger partial charge on any atom is -0.455 e. The molecule has 1 aliphatic carbocycles. The second kappa shape index (κ2) is 15.8. The number of rotatable bonds is 8. The lowest BCUT2D eigenvalue weighted by Gasteiger charge is -2.34. The highest BCUT2D eigenvalue weighted by atomic mass is 16.3. The van der Waals surface area contributed by atoms with Gasteiger partial charge in [-0.05, 0) is 103 Å². The summed E-state index contributed by atoms with van der Waals surface area (Å²) in [4.78, 5) is 2.45. The van der Waals surface area contributed by atoms with Gasteiger partial charge in [0, 0.05) is 33.3 Å².